The van der Waals surface area contributed by atoms with E-state index in [4.69, 9.17) is 0 Å². The molecule has 3 saturated carbocycles. The molecule has 3 fully saturated rings. The molecule has 23 heavy (non-hydrogen) atoms. The van der Waals surface area contributed by atoms with Crippen LogP contribution in [0, 0.1) is 28.6 Å². The maximum Gasteiger partial charge on any atom is 0.127 e. The molecule has 6 atom stereocenters. The van der Waals surface area contributed by atoms with Gasteiger partial charge in [0, 0.05) is 5.41 Å². The highest BCUT2D eigenvalue weighted by molar-refractivity contribution is 5.66. The lowest BCUT2D eigenvalue weighted by atomic mass is 9.48. The average molecular weight is 312 g/mol. The molecule has 0 aromatic heterocycles. The molecule has 0 heterocycles. The zero-order valence-electron chi connectivity index (χ0n) is 14.2. The van der Waals surface area contributed by atoms with E-state index in [1.54, 1.807) is 0 Å². The van der Waals surface area contributed by atoms with E-state index < -0.39 is 0 Å². The molecule has 0 bridgehead atoms. The van der Waals surface area contributed by atoms with Crippen LogP contribution in [0.25, 0.3) is 0 Å². The normalized spacial score (nSPS) is 49.0. The summed E-state index contributed by atoms with van der Waals surface area (Å²) in [5, 5.41) is 10.1. The van der Waals surface area contributed by atoms with Crippen molar-refractivity contribution < 1.29 is 9.90 Å². The van der Waals surface area contributed by atoms with Gasteiger partial charge in [-0.3, -0.25) is 0 Å². The molecule has 2 nitrogen and oxygen atoms in total. The number of carbonyl (C=O) groups excluding carboxylic acids is 1. The zero-order valence-corrected chi connectivity index (χ0v) is 14.2. The van der Waals surface area contributed by atoms with Crippen LogP contribution in [0.5, 0.6) is 0 Å². The number of aliphatic hydroxyl groups excluding tert-OH is 1. The van der Waals surface area contributed by atoms with Crippen molar-refractivity contribution in [2.75, 3.05) is 0 Å². The fourth-order valence-electron chi connectivity index (χ4n) is 6.49. The summed E-state index contributed by atoms with van der Waals surface area (Å²) in [5.41, 5.74) is 3.69. The molecule has 0 radical (unpaired) electrons. The number of aldehydes is 1. The van der Waals surface area contributed by atoms with Crippen LogP contribution in [0.1, 0.15) is 51.9 Å². The Morgan fingerprint density at radius 1 is 1.30 bits per heavy atom. The minimum absolute atomic E-state index is 0.162. The van der Waals surface area contributed by atoms with Crippen LogP contribution in [-0.2, 0) is 4.79 Å². The van der Waals surface area contributed by atoms with Gasteiger partial charge in [-0.05, 0) is 73.7 Å². The number of hydrogen-bond acceptors (Lipinski definition) is 2. The lowest BCUT2D eigenvalue weighted by Gasteiger charge is -2.56. The third-order valence-electron chi connectivity index (χ3n) is 7.73. The second kappa shape index (κ2) is 4.92. The summed E-state index contributed by atoms with van der Waals surface area (Å²) in [4.78, 5) is 12.0. The van der Waals surface area contributed by atoms with Gasteiger partial charge in [0.05, 0.1) is 6.10 Å². The number of hydrogen-bond donors (Lipinski definition) is 1. The molecular weight excluding hydrogens is 284 g/mol. The molecule has 4 aliphatic carbocycles. The number of fused-ring (bicyclic) bond motifs is 5. The summed E-state index contributed by atoms with van der Waals surface area (Å²) in [7, 11) is 0. The maximum absolute atomic E-state index is 12.0. The van der Waals surface area contributed by atoms with Crippen molar-refractivity contribution in [3.05, 3.63) is 36.0 Å². The predicted octanol–water partition coefficient (Wildman–Crippen LogP) is 4.21. The molecule has 0 amide bonds. The van der Waals surface area contributed by atoms with E-state index in [1.165, 1.54) is 11.9 Å². The first-order valence-corrected chi connectivity index (χ1v) is 9.12. The Hall–Kier alpha value is -1.15. The molecule has 1 unspecified atom stereocenters. The number of allylic oxidation sites excluding steroid dienone is 3. The van der Waals surface area contributed by atoms with Gasteiger partial charge in [0.25, 0.3) is 0 Å². The average Bonchev–Trinajstić information content (AvgIpc) is 2.80. The second-order valence-electron chi connectivity index (χ2n) is 8.72. The largest absolute Gasteiger partial charge is 0.393 e. The molecule has 2 heteroatoms. The van der Waals surface area contributed by atoms with Crippen LogP contribution >= 0.6 is 0 Å². The highest BCUT2D eigenvalue weighted by Crippen LogP contribution is 2.66. The van der Waals surface area contributed by atoms with Crippen molar-refractivity contribution in [1.82, 2.24) is 0 Å². The summed E-state index contributed by atoms with van der Waals surface area (Å²) < 4.78 is 0. The van der Waals surface area contributed by atoms with E-state index in [2.05, 4.69) is 26.2 Å². The summed E-state index contributed by atoms with van der Waals surface area (Å²) in [6, 6.07) is 0. The third-order valence-corrected chi connectivity index (χ3v) is 7.73. The SMILES string of the molecule is C=C1C[C@@]2(C=O)CC[C@@H]3[C@@H](CC=C4CC(O)CC[C@@]43C)[C@@H]2C1=C. The molecule has 4 aliphatic rings. The minimum Gasteiger partial charge on any atom is -0.393 e. The number of rotatable bonds is 1. The minimum atomic E-state index is -0.231. The molecule has 124 valence electrons. The van der Waals surface area contributed by atoms with E-state index in [0.29, 0.717) is 11.8 Å². The Balaban J connectivity index is 1.75. The van der Waals surface area contributed by atoms with E-state index in [-0.39, 0.29) is 22.9 Å². The summed E-state index contributed by atoms with van der Waals surface area (Å²) >= 11 is 0. The fraction of sp³-hybridized carbons (Fsp3) is 0.667. The van der Waals surface area contributed by atoms with E-state index >= 15 is 0 Å². The quantitative estimate of drug-likeness (QED) is 0.581. The predicted molar refractivity (Wildman–Crippen MR) is 91.8 cm³/mol. The van der Waals surface area contributed by atoms with Crippen molar-refractivity contribution in [3.63, 3.8) is 0 Å². The molecule has 0 saturated heterocycles. The smallest absolute Gasteiger partial charge is 0.127 e. The molecule has 0 aromatic rings. The van der Waals surface area contributed by atoms with Crippen LogP contribution < -0.4 is 0 Å². The second-order valence-corrected chi connectivity index (χ2v) is 8.72. The van der Waals surface area contributed by atoms with Gasteiger partial charge in [-0.15, -0.1) is 0 Å². The molecular formula is C21H28O2. The first-order chi connectivity index (χ1) is 10.9. The van der Waals surface area contributed by atoms with Gasteiger partial charge in [0.1, 0.15) is 6.29 Å². The van der Waals surface area contributed by atoms with Gasteiger partial charge in [-0.2, -0.15) is 0 Å². The van der Waals surface area contributed by atoms with Crippen molar-refractivity contribution in [2.45, 2.75) is 58.0 Å². The van der Waals surface area contributed by atoms with Gasteiger partial charge in [0.2, 0.25) is 0 Å². The Morgan fingerprint density at radius 3 is 2.83 bits per heavy atom. The Kier molecular flexibility index (Phi) is 3.29. The highest BCUT2D eigenvalue weighted by Gasteiger charge is 2.59. The van der Waals surface area contributed by atoms with Crippen molar-refractivity contribution in [2.24, 2.45) is 28.6 Å². The highest BCUT2D eigenvalue weighted by atomic mass is 16.3. The van der Waals surface area contributed by atoms with Crippen LogP contribution in [0.15, 0.2) is 36.0 Å². The molecule has 4 rings (SSSR count). The first-order valence-electron chi connectivity index (χ1n) is 9.12. The van der Waals surface area contributed by atoms with Gasteiger partial charge in [-0.1, -0.05) is 37.3 Å². The van der Waals surface area contributed by atoms with Gasteiger partial charge < -0.3 is 9.90 Å². The van der Waals surface area contributed by atoms with Crippen LogP contribution in [0.4, 0.5) is 0 Å². The summed E-state index contributed by atoms with van der Waals surface area (Å²) in [6.07, 6.45) is 10.2. The van der Waals surface area contributed by atoms with Crippen molar-refractivity contribution in [3.8, 4) is 0 Å². The van der Waals surface area contributed by atoms with E-state index in [9.17, 15) is 9.90 Å². The number of aliphatic hydroxyl groups is 1. The standard InChI is InChI=1S/C21H28O2/c1-13-11-21(12-22)9-7-18-17(19(21)14(13)2)5-4-15-10-16(23)6-8-20(15,18)3/h4,12,16-19,23H,1-2,5-11H2,3H3/t16?,17-,18-,19+,20+,21-/m1/s1. The zero-order chi connectivity index (χ0) is 16.4. The van der Waals surface area contributed by atoms with E-state index in [0.717, 1.165) is 56.1 Å². The maximum atomic E-state index is 12.0. The van der Waals surface area contributed by atoms with Crippen LogP contribution in [-0.4, -0.2) is 17.5 Å². The molecule has 0 spiro atoms. The van der Waals surface area contributed by atoms with Crippen LogP contribution in [0.2, 0.25) is 0 Å². The topological polar surface area (TPSA) is 37.3 Å². The Bertz CT molecular complexity index is 615. The molecule has 1 N–H and O–H groups in total. The fourth-order valence-corrected chi connectivity index (χ4v) is 6.49. The summed E-state index contributed by atoms with van der Waals surface area (Å²) in [6.45, 7) is 10.9. The Morgan fingerprint density at radius 2 is 2.09 bits per heavy atom. The summed E-state index contributed by atoms with van der Waals surface area (Å²) in [5.74, 6) is 1.42. The lowest BCUT2D eigenvalue weighted by Crippen LogP contribution is -2.50. The molecule has 0 aromatic carbocycles. The first kappa shape index (κ1) is 15.4. The van der Waals surface area contributed by atoms with Gasteiger partial charge in [0.15, 0.2) is 0 Å². The van der Waals surface area contributed by atoms with Crippen molar-refractivity contribution in [1.29, 1.82) is 0 Å². The van der Waals surface area contributed by atoms with Crippen LogP contribution in [0.3, 0.4) is 0 Å². The Labute approximate surface area is 139 Å². The third kappa shape index (κ3) is 1.94. The van der Waals surface area contributed by atoms with E-state index in [1.807, 2.05) is 0 Å². The number of carbonyl (C=O) groups is 1. The monoisotopic (exact) mass is 312 g/mol. The lowest BCUT2D eigenvalue weighted by molar-refractivity contribution is -0.124. The van der Waals surface area contributed by atoms with Crippen molar-refractivity contribution >= 4 is 6.29 Å². The van der Waals surface area contributed by atoms with Gasteiger partial charge in [-0.25, -0.2) is 0 Å². The van der Waals surface area contributed by atoms with Gasteiger partial charge >= 0.3 is 0 Å². The molecule has 0 aliphatic heterocycles.